The molecule has 0 bridgehead atoms. The van der Waals surface area contributed by atoms with Crippen LogP contribution >= 0.6 is 11.6 Å². The molecule has 0 saturated heterocycles. The molecule has 0 unspecified atom stereocenters. The van der Waals surface area contributed by atoms with E-state index in [1.165, 1.54) is 10.6 Å². The molecule has 2 aromatic rings. The Bertz CT molecular complexity index is 664. The van der Waals surface area contributed by atoms with Gasteiger partial charge in [-0.15, -0.1) is 0 Å². The van der Waals surface area contributed by atoms with E-state index in [1.54, 1.807) is 36.5 Å². The fraction of sp³-hybridized carbons (Fsp3) is 0.143. The Morgan fingerprint density at radius 3 is 2.84 bits per heavy atom. The fourth-order valence-corrected chi connectivity index (χ4v) is 1.89. The van der Waals surface area contributed by atoms with Crippen molar-refractivity contribution >= 4 is 23.2 Å². The van der Waals surface area contributed by atoms with E-state index in [-0.39, 0.29) is 18.0 Å². The second kappa shape index (κ2) is 5.71. The average molecular weight is 277 g/mol. The van der Waals surface area contributed by atoms with Crippen LogP contribution in [0.15, 0.2) is 47.4 Å². The molecule has 0 fully saturated rings. The van der Waals surface area contributed by atoms with Crippen molar-refractivity contribution in [3.63, 3.8) is 0 Å². The second-order valence-electron chi connectivity index (χ2n) is 4.23. The molecule has 2 rings (SSSR count). The summed E-state index contributed by atoms with van der Waals surface area (Å²) in [5.74, 6) is -0.269. The number of hydrogen-bond acceptors (Lipinski definition) is 2. The first-order valence-corrected chi connectivity index (χ1v) is 6.15. The van der Waals surface area contributed by atoms with Gasteiger partial charge in [-0.25, -0.2) is 0 Å². The third-order valence-electron chi connectivity index (χ3n) is 2.55. The number of aromatic nitrogens is 1. The van der Waals surface area contributed by atoms with E-state index in [0.29, 0.717) is 10.7 Å². The van der Waals surface area contributed by atoms with Crippen molar-refractivity contribution in [2.45, 2.75) is 13.5 Å². The van der Waals surface area contributed by atoms with Gasteiger partial charge in [0.05, 0.1) is 0 Å². The van der Waals surface area contributed by atoms with Crippen molar-refractivity contribution in [1.29, 1.82) is 0 Å². The molecule has 0 aliphatic heterocycles. The highest BCUT2D eigenvalue weighted by atomic mass is 35.5. The summed E-state index contributed by atoms with van der Waals surface area (Å²) >= 11 is 5.83. The van der Waals surface area contributed by atoms with Crippen LogP contribution in [0.25, 0.3) is 0 Å². The van der Waals surface area contributed by atoms with Gasteiger partial charge in [-0.1, -0.05) is 23.7 Å². The Labute approximate surface area is 115 Å². The van der Waals surface area contributed by atoms with Crippen LogP contribution in [0.3, 0.4) is 0 Å². The number of amides is 1. The molecule has 0 aliphatic carbocycles. The number of rotatable bonds is 3. The highest BCUT2D eigenvalue weighted by molar-refractivity contribution is 6.30. The maximum atomic E-state index is 11.8. The zero-order valence-electron chi connectivity index (χ0n) is 10.4. The minimum Gasteiger partial charge on any atom is -0.324 e. The topological polar surface area (TPSA) is 51.1 Å². The van der Waals surface area contributed by atoms with E-state index in [2.05, 4.69) is 5.32 Å². The zero-order chi connectivity index (χ0) is 13.8. The zero-order valence-corrected chi connectivity index (χ0v) is 11.1. The predicted octanol–water partition coefficient (Wildman–Crippen LogP) is 2.45. The lowest BCUT2D eigenvalue weighted by Gasteiger charge is -2.08. The van der Waals surface area contributed by atoms with E-state index >= 15 is 0 Å². The third-order valence-corrected chi connectivity index (χ3v) is 2.79. The van der Waals surface area contributed by atoms with Crippen LogP contribution < -0.4 is 10.9 Å². The number of nitrogens with zero attached hydrogens (tertiary/aromatic N) is 1. The number of anilines is 1. The van der Waals surface area contributed by atoms with Gasteiger partial charge in [-0.05, 0) is 30.7 Å². The van der Waals surface area contributed by atoms with E-state index in [0.717, 1.165) is 5.56 Å². The molecule has 0 saturated carbocycles. The van der Waals surface area contributed by atoms with Gasteiger partial charge in [0, 0.05) is 23.0 Å². The fourth-order valence-electron chi connectivity index (χ4n) is 1.70. The standard InChI is InChI=1S/C14H13ClN2O2/c1-10-5-6-14(19)17(8-10)9-13(18)16-12-4-2-3-11(15)7-12/h2-8H,9H2,1H3,(H,16,18). The van der Waals surface area contributed by atoms with E-state index < -0.39 is 0 Å². The van der Waals surface area contributed by atoms with Gasteiger partial charge in [0.1, 0.15) is 6.54 Å². The van der Waals surface area contributed by atoms with Crippen molar-refractivity contribution in [2.24, 2.45) is 0 Å². The Morgan fingerprint density at radius 2 is 2.11 bits per heavy atom. The molecular formula is C14H13ClN2O2. The van der Waals surface area contributed by atoms with Gasteiger partial charge in [-0.3, -0.25) is 9.59 Å². The van der Waals surface area contributed by atoms with Crippen molar-refractivity contribution < 1.29 is 4.79 Å². The van der Waals surface area contributed by atoms with Crippen LogP contribution in [0.4, 0.5) is 5.69 Å². The second-order valence-corrected chi connectivity index (χ2v) is 4.67. The summed E-state index contributed by atoms with van der Waals surface area (Å²) in [6.07, 6.45) is 1.65. The number of benzene rings is 1. The maximum Gasteiger partial charge on any atom is 0.251 e. The first-order chi connectivity index (χ1) is 9.04. The lowest BCUT2D eigenvalue weighted by atomic mass is 10.3. The van der Waals surface area contributed by atoms with E-state index in [4.69, 9.17) is 11.6 Å². The number of carbonyl (C=O) groups is 1. The average Bonchev–Trinajstić information content (AvgIpc) is 2.34. The van der Waals surface area contributed by atoms with E-state index in [1.807, 2.05) is 6.92 Å². The van der Waals surface area contributed by atoms with Gasteiger partial charge in [0.15, 0.2) is 0 Å². The molecule has 1 aromatic carbocycles. The number of pyridine rings is 1. The molecular weight excluding hydrogens is 264 g/mol. The molecule has 19 heavy (non-hydrogen) atoms. The number of aryl methyl sites for hydroxylation is 1. The van der Waals surface area contributed by atoms with Crippen LogP contribution in [-0.4, -0.2) is 10.5 Å². The minimum atomic E-state index is -0.269. The molecule has 1 amide bonds. The summed E-state index contributed by atoms with van der Waals surface area (Å²) in [5.41, 5.74) is 1.33. The van der Waals surface area contributed by atoms with Crippen molar-refractivity contribution in [2.75, 3.05) is 5.32 Å². The number of nitrogens with one attached hydrogen (secondary N) is 1. The third kappa shape index (κ3) is 3.69. The molecule has 1 heterocycles. The maximum absolute atomic E-state index is 11.8. The largest absolute Gasteiger partial charge is 0.324 e. The Balaban J connectivity index is 2.09. The first kappa shape index (κ1) is 13.4. The summed E-state index contributed by atoms with van der Waals surface area (Å²) in [6.45, 7) is 1.85. The summed E-state index contributed by atoms with van der Waals surface area (Å²) in [4.78, 5) is 23.4. The molecule has 0 atom stereocenters. The van der Waals surface area contributed by atoms with Crippen LogP contribution in [0, 0.1) is 6.92 Å². The normalized spacial score (nSPS) is 10.2. The van der Waals surface area contributed by atoms with Gasteiger partial charge in [0.2, 0.25) is 5.91 Å². The summed E-state index contributed by atoms with van der Waals surface area (Å²) in [5, 5.41) is 3.24. The van der Waals surface area contributed by atoms with Gasteiger partial charge in [0.25, 0.3) is 5.56 Å². The Kier molecular flexibility index (Phi) is 4.02. The van der Waals surface area contributed by atoms with Crippen LogP contribution in [0.2, 0.25) is 5.02 Å². The number of carbonyl (C=O) groups excluding carboxylic acids is 1. The summed E-state index contributed by atoms with van der Waals surface area (Å²) in [7, 11) is 0. The number of hydrogen-bond donors (Lipinski definition) is 1. The van der Waals surface area contributed by atoms with Crippen molar-refractivity contribution in [3.05, 3.63) is 63.5 Å². The molecule has 1 N–H and O–H groups in total. The lowest BCUT2D eigenvalue weighted by Crippen LogP contribution is -2.26. The molecule has 0 spiro atoms. The first-order valence-electron chi connectivity index (χ1n) is 5.77. The minimum absolute atomic E-state index is 0.0208. The predicted molar refractivity (Wildman–Crippen MR) is 75.5 cm³/mol. The molecule has 5 heteroatoms. The van der Waals surface area contributed by atoms with E-state index in [9.17, 15) is 9.59 Å². The van der Waals surface area contributed by atoms with Crippen molar-refractivity contribution in [3.8, 4) is 0 Å². The molecule has 1 aromatic heterocycles. The van der Waals surface area contributed by atoms with Crippen LogP contribution in [0.1, 0.15) is 5.56 Å². The van der Waals surface area contributed by atoms with Crippen LogP contribution in [-0.2, 0) is 11.3 Å². The van der Waals surface area contributed by atoms with Gasteiger partial charge >= 0.3 is 0 Å². The smallest absolute Gasteiger partial charge is 0.251 e. The number of halogens is 1. The molecule has 98 valence electrons. The Morgan fingerprint density at radius 1 is 1.32 bits per heavy atom. The van der Waals surface area contributed by atoms with Crippen molar-refractivity contribution in [1.82, 2.24) is 4.57 Å². The Hall–Kier alpha value is -2.07. The molecule has 4 nitrogen and oxygen atoms in total. The quantitative estimate of drug-likeness (QED) is 0.936. The van der Waals surface area contributed by atoms with Gasteiger partial charge < -0.3 is 9.88 Å². The summed E-state index contributed by atoms with van der Waals surface area (Å²) in [6, 6.07) is 10.0. The SMILES string of the molecule is Cc1ccc(=O)n(CC(=O)Nc2cccc(Cl)c2)c1. The monoisotopic (exact) mass is 276 g/mol. The highest BCUT2D eigenvalue weighted by Gasteiger charge is 2.05. The highest BCUT2D eigenvalue weighted by Crippen LogP contribution is 2.14. The molecule has 0 radical (unpaired) electrons. The summed E-state index contributed by atoms with van der Waals surface area (Å²) < 4.78 is 1.37. The van der Waals surface area contributed by atoms with Crippen LogP contribution in [0.5, 0.6) is 0 Å². The molecule has 0 aliphatic rings. The lowest BCUT2D eigenvalue weighted by molar-refractivity contribution is -0.116. The van der Waals surface area contributed by atoms with Gasteiger partial charge in [-0.2, -0.15) is 0 Å².